The second kappa shape index (κ2) is 7.11. The molecule has 0 spiro atoms. The minimum Gasteiger partial charge on any atom is -0.388 e. The molecule has 6 nitrogen and oxygen atoms in total. The van der Waals surface area contributed by atoms with E-state index >= 15 is 0 Å². The number of likely N-dealkylation sites (tertiary alicyclic amines) is 1. The van der Waals surface area contributed by atoms with E-state index < -0.39 is 5.60 Å². The van der Waals surface area contributed by atoms with Crippen LogP contribution in [-0.4, -0.2) is 60.7 Å². The monoisotopic (exact) mass is 296 g/mol. The Hall–Kier alpha value is -1.30. The van der Waals surface area contributed by atoms with Gasteiger partial charge in [-0.05, 0) is 19.3 Å². The third-order valence-corrected chi connectivity index (χ3v) is 4.56. The van der Waals surface area contributed by atoms with Gasteiger partial charge >= 0.3 is 0 Å². The molecule has 6 heteroatoms. The van der Waals surface area contributed by atoms with Crippen molar-refractivity contribution < 1.29 is 9.90 Å². The van der Waals surface area contributed by atoms with Crippen LogP contribution in [0.1, 0.15) is 44.9 Å². The standard InChI is InChI=1S/C15H28N4O2/c1-16-14(17-11-15(21)8-4-3-5-9-15)18-12-6-7-13(20)19(2)10-12/h12,21H,3-11H2,1-2H3,(H2,16,17,18). The molecule has 1 atom stereocenters. The van der Waals surface area contributed by atoms with Crippen molar-refractivity contribution in [3.8, 4) is 0 Å². The van der Waals surface area contributed by atoms with Crippen LogP contribution in [0, 0.1) is 0 Å². The highest BCUT2D eigenvalue weighted by Gasteiger charge is 2.29. The van der Waals surface area contributed by atoms with Crippen LogP contribution < -0.4 is 10.6 Å². The molecule has 1 saturated carbocycles. The zero-order valence-electron chi connectivity index (χ0n) is 13.2. The lowest BCUT2D eigenvalue weighted by atomic mass is 9.85. The van der Waals surface area contributed by atoms with E-state index in [9.17, 15) is 9.90 Å². The maximum Gasteiger partial charge on any atom is 0.222 e. The van der Waals surface area contributed by atoms with Crippen molar-refractivity contribution in [3.05, 3.63) is 0 Å². The van der Waals surface area contributed by atoms with E-state index in [0.29, 0.717) is 25.5 Å². The van der Waals surface area contributed by atoms with E-state index in [1.165, 1.54) is 6.42 Å². The number of nitrogens with one attached hydrogen (secondary N) is 2. The molecule has 1 aliphatic heterocycles. The molecule has 2 fully saturated rings. The number of aliphatic imine (C=N–C) groups is 1. The molecule has 0 aromatic carbocycles. The third kappa shape index (κ3) is 4.59. The summed E-state index contributed by atoms with van der Waals surface area (Å²) in [6.07, 6.45) is 6.54. The summed E-state index contributed by atoms with van der Waals surface area (Å²) in [5.41, 5.74) is -0.602. The maximum atomic E-state index is 11.5. The van der Waals surface area contributed by atoms with Crippen molar-refractivity contribution in [2.45, 2.75) is 56.6 Å². The molecule has 1 unspecified atom stereocenters. The van der Waals surface area contributed by atoms with Crippen molar-refractivity contribution in [2.75, 3.05) is 27.2 Å². The minimum absolute atomic E-state index is 0.201. The van der Waals surface area contributed by atoms with Gasteiger partial charge in [0.15, 0.2) is 5.96 Å². The van der Waals surface area contributed by atoms with E-state index in [1.807, 2.05) is 7.05 Å². The molecule has 1 aliphatic carbocycles. The highest BCUT2D eigenvalue weighted by atomic mass is 16.3. The lowest BCUT2D eigenvalue weighted by Crippen LogP contribution is -2.54. The van der Waals surface area contributed by atoms with Crippen molar-refractivity contribution in [1.29, 1.82) is 0 Å². The number of rotatable bonds is 3. The van der Waals surface area contributed by atoms with Crippen LogP contribution >= 0.6 is 0 Å². The summed E-state index contributed by atoms with van der Waals surface area (Å²) in [6, 6.07) is 0.222. The molecule has 0 radical (unpaired) electrons. The molecule has 0 bridgehead atoms. The van der Waals surface area contributed by atoms with Gasteiger partial charge < -0.3 is 20.6 Å². The summed E-state index contributed by atoms with van der Waals surface area (Å²) in [6.45, 7) is 1.23. The lowest BCUT2D eigenvalue weighted by molar-refractivity contribution is -0.132. The molecule has 21 heavy (non-hydrogen) atoms. The number of carbonyl (C=O) groups is 1. The Kier molecular flexibility index (Phi) is 5.45. The molecule has 120 valence electrons. The summed E-state index contributed by atoms with van der Waals surface area (Å²) >= 11 is 0. The predicted octanol–water partition coefficient (Wildman–Crippen LogP) is 0.467. The zero-order valence-corrected chi connectivity index (χ0v) is 13.2. The first-order valence-electron chi connectivity index (χ1n) is 7.96. The van der Waals surface area contributed by atoms with Gasteiger partial charge in [-0.3, -0.25) is 9.79 Å². The van der Waals surface area contributed by atoms with Crippen molar-refractivity contribution in [3.63, 3.8) is 0 Å². The highest BCUT2D eigenvalue weighted by molar-refractivity contribution is 5.81. The summed E-state index contributed by atoms with van der Waals surface area (Å²) in [5.74, 6) is 0.911. The maximum absolute atomic E-state index is 11.5. The smallest absolute Gasteiger partial charge is 0.222 e. The molecule has 2 aliphatic rings. The van der Waals surface area contributed by atoms with Crippen molar-refractivity contribution >= 4 is 11.9 Å². The zero-order chi connectivity index (χ0) is 15.3. The van der Waals surface area contributed by atoms with Gasteiger partial charge in [0, 0.05) is 39.6 Å². The van der Waals surface area contributed by atoms with Gasteiger partial charge in [-0.15, -0.1) is 0 Å². The molecule has 1 heterocycles. The lowest BCUT2D eigenvalue weighted by Gasteiger charge is -2.34. The van der Waals surface area contributed by atoms with Crippen LogP contribution in [0.2, 0.25) is 0 Å². The minimum atomic E-state index is -0.602. The number of aliphatic hydroxyl groups is 1. The number of hydrogen-bond acceptors (Lipinski definition) is 3. The van der Waals surface area contributed by atoms with E-state index in [0.717, 1.165) is 32.1 Å². The topological polar surface area (TPSA) is 77.0 Å². The van der Waals surface area contributed by atoms with Gasteiger partial charge in [0.05, 0.1) is 5.60 Å². The number of hydrogen-bond donors (Lipinski definition) is 3. The average Bonchev–Trinajstić information content (AvgIpc) is 2.48. The Morgan fingerprint density at radius 1 is 1.43 bits per heavy atom. The van der Waals surface area contributed by atoms with E-state index in [4.69, 9.17) is 0 Å². The van der Waals surface area contributed by atoms with Crippen LogP contribution in [-0.2, 0) is 4.79 Å². The van der Waals surface area contributed by atoms with E-state index in [-0.39, 0.29) is 11.9 Å². The first-order valence-corrected chi connectivity index (χ1v) is 7.96. The number of amides is 1. The van der Waals surface area contributed by atoms with Crippen molar-refractivity contribution in [2.24, 2.45) is 4.99 Å². The Labute approximate surface area is 127 Å². The van der Waals surface area contributed by atoms with Crippen LogP contribution in [0.15, 0.2) is 4.99 Å². The predicted molar refractivity (Wildman–Crippen MR) is 83.2 cm³/mol. The van der Waals surface area contributed by atoms with Crippen LogP contribution in [0.4, 0.5) is 0 Å². The number of nitrogens with zero attached hydrogens (tertiary/aromatic N) is 2. The number of carbonyl (C=O) groups excluding carboxylic acids is 1. The highest BCUT2D eigenvalue weighted by Crippen LogP contribution is 2.27. The number of likely N-dealkylation sites (N-methyl/N-ethyl adjacent to an activating group) is 1. The molecule has 1 amide bonds. The molecule has 1 saturated heterocycles. The van der Waals surface area contributed by atoms with Crippen LogP contribution in [0.5, 0.6) is 0 Å². The molecular formula is C15H28N4O2. The largest absolute Gasteiger partial charge is 0.388 e. The fourth-order valence-corrected chi connectivity index (χ4v) is 3.15. The average molecular weight is 296 g/mol. The Bertz CT molecular complexity index is 391. The molecule has 3 N–H and O–H groups in total. The van der Waals surface area contributed by atoms with Gasteiger partial charge in [0.2, 0.25) is 5.91 Å². The van der Waals surface area contributed by atoms with Gasteiger partial charge in [-0.2, -0.15) is 0 Å². The second-order valence-corrected chi connectivity index (χ2v) is 6.36. The first-order chi connectivity index (χ1) is 10.0. The van der Waals surface area contributed by atoms with E-state index in [2.05, 4.69) is 15.6 Å². The van der Waals surface area contributed by atoms with Gasteiger partial charge in [-0.25, -0.2) is 0 Å². The molecular weight excluding hydrogens is 268 g/mol. The SMILES string of the molecule is CN=C(NCC1(O)CCCCC1)NC1CCC(=O)N(C)C1. The second-order valence-electron chi connectivity index (χ2n) is 6.36. The van der Waals surface area contributed by atoms with Crippen LogP contribution in [0.25, 0.3) is 0 Å². The fourth-order valence-electron chi connectivity index (χ4n) is 3.15. The first kappa shape index (κ1) is 16.1. The summed E-state index contributed by atoms with van der Waals surface area (Å²) in [4.78, 5) is 17.5. The molecule has 2 rings (SSSR count). The normalized spacial score (nSPS) is 26.6. The Balaban J connectivity index is 1.79. The Morgan fingerprint density at radius 2 is 2.14 bits per heavy atom. The quantitative estimate of drug-likeness (QED) is 0.522. The van der Waals surface area contributed by atoms with Gasteiger partial charge in [-0.1, -0.05) is 19.3 Å². The molecule has 0 aromatic heterocycles. The summed E-state index contributed by atoms with van der Waals surface area (Å²) < 4.78 is 0. The molecule has 0 aromatic rings. The summed E-state index contributed by atoms with van der Waals surface area (Å²) in [7, 11) is 3.56. The number of piperidine rings is 1. The Morgan fingerprint density at radius 3 is 2.76 bits per heavy atom. The van der Waals surface area contributed by atoms with Gasteiger partial charge in [0.1, 0.15) is 0 Å². The number of guanidine groups is 1. The third-order valence-electron chi connectivity index (χ3n) is 4.56. The van der Waals surface area contributed by atoms with Gasteiger partial charge in [0.25, 0.3) is 0 Å². The van der Waals surface area contributed by atoms with Crippen LogP contribution in [0.3, 0.4) is 0 Å². The summed E-state index contributed by atoms with van der Waals surface area (Å²) in [5, 5.41) is 17.1. The fraction of sp³-hybridized carbons (Fsp3) is 0.867. The van der Waals surface area contributed by atoms with E-state index in [1.54, 1.807) is 11.9 Å². The van der Waals surface area contributed by atoms with Crippen molar-refractivity contribution in [1.82, 2.24) is 15.5 Å².